The first-order valence-corrected chi connectivity index (χ1v) is 9.53. The first-order chi connectivity index (χ1) is 14.2. The van der Waals surface area contributed by atoms with Crippen molar-refractivity contribution in [2.24, 2.45) is 0 Å². The van der Waals surface area contributed by atoms with Gasteiger partial charge >= 0.3 is 0 Å². The number of likely N-dealkylation sites (N-methyl/N-ethyl adjacent to an activating group) is 1. The molecule has 0 radical (unpaired) electrons. The lowest BCUT2D eigenvalue weighted by atomic mass is 10.2. The Hall–Kier alpha value is -3.52. The highest BCUT2D eigenvalue weighted by molar-refractivity contribution is 6.03. The van der Waals surface area contributed by atoms with Crippen molar-refractivity contribution in [1.29, 1.82) is 0 Å². The van der Waals surface area contributed by atoms with E-state index in [9.17, 15) is 4.79 Å². The lowest BCUT2D eigenvalue weighted by molar-refractivity contribution is 0.102. The van der Waals surface area contributed by atoms with E-state index >= 15 is 0 Å². The van der Waals surface area contributed by atoms with Gasteiger partial charge in [0.25, 0.3) is 5.91 Å². The van der Waals surface area contributed by atoms with Gasteiger partial charge in [-0.05, 0) is 55.6 Å². The van der Waals surface area contributed by atoms with Gasteiger partial charge in [0.1, 0.15) is 0 Å². The van der Waals surface area contributed by atoms with Gasteiger partial charge in [-0.25, -0.2) is 0 Å². The topological polar surface area (TPSA) is 86.3 Å². The number of amides is 1. The molecule has 0 spiro atoms. The van der Waals surface area contributed by atoms with Crippen molar-refractivity contribution in [2.75, 3.05) is 48.8 Å². The van der Waals surface area contributed by atoms with Crippen LogP contribution in [0.4, 0.5) is 23.0 Å². The van der Waals surface area contributed by atoms with Crippen LogP contribution in [-0.2, 0) is 0 Å². The van der Waals surface area contributed by atoms with Crippen LogP contribution in [0.1, 0.15) is 10.4 Å². The number of carbonyl (C=O) groups excluding carboxylic acids is 1. The summed E-state index contributed by atoms with van der Waals surface area (Å²) in [6.45, 7) is 4.25. The Bertz CT molecular complexity index is 937. The van der Waals surface area contributed by atoms with Gasteiger partial charge in [0.05, 0.1) is 5.56 Å². The number of nitrogens with zero attached hydrogens (tertiary/aromatic N) is 5. The minimum absolute atomic E-state index is 0.271. The first-order valence-electron chi connectivity index (χ1n) is 9.53. The number of aromatic nitrogens is 3. The number of nitrogens with one attached hydrogen (secondary N) is 2. The molecule has 8 heteroatoms. The highest BCUT2D eigenvalue weighted by atomic mass is 16.1. The van der Waals surface area contributed by atoms with Crippen LogP contribution < -0.4 is 15.5 Å². The molecular weight excluding hydrogens is 366 g/mol. The molecule has 2 N–H and O–H groups in total. The molecule has 0 unspecified atom stereocenters. The SMILES string of the molecule is CN1CCN(c2ccc(Nc3ccc(NC(=O)c4cccnc4)nn3)cc2)CC1. The Kier molecular flexibility index (Phi) is 5.62. The van der Waals surface area contributed by atoms with Crippen molar-refractivity contribution in [2.45, 2.75) is 0 Å². The molecule has 3 heterocycles. The van der Waals surface area contributed by atoms with Gasteiger partial charge in [-0.15, -0.1) is 10.2 Å². The van der Waals surface area contributed by atoms with Crippen molar-refractivity contribution >= 4 is 28.9 Å². The van der Waals surface area contributed by atoms with Gasteiger partial charge in [-0.1, -0.05) is 0 Å². The molecule has 1 amide bonds. The maximum Gasteiger partial charge on any atom is 0.258 e. The number of anilines is 4. The molecule has 8 nitrogen and oxygen atoms in total. The molecule has 2 aromatic heterocycles. The van der Waals surface area contributed by atoms with Crippen molar-refractivity contribution in [3.63, 3.8) is 0 Å². The van der Waals surface area contributed by atoms with E-state index in [1.807, 2.05) is 12.1 Å². The summed E-state index contributed by atoms with van der Waals surface area (Å²) >= 11 is 0. The van der Waals surface area contributed by atoms with Gasteiger partial charge in [0.15, 0.2) is 11.6 Å². The summed E-state index contributed by atoms with van der Waals surface area (Å²) in [5, 5.41) is 14.1. The number of rotatable bonds is 5. The number of piperazine rings is 1. The summed E-state index contributed by atoms with van der Waals surface area (Å²) in [6, 6.07) is 15.2. The van der Waals surface area contributed by atoms with Crippen molar-refractivity contribution in [3.8, 4) is 0 Å². The van der Waals surface area contributed by atoms with E-state index in [0.717, 1.165) is 31.9 Å². The van der Waals surface area contributed by atoms with Gasteiger partial charge in [0, 0.05) is 49.9 Å². The van der Waals surface area contributed by atoms with E-state index in [1.165, 1.54) is 11.9 Å². The predicted octanol–water partition coefficient (Wildman–Crippen LogP) is 2.62. The minimum atomic E-state index is -0.271. The molecule has 1 fully saturated rings. The third-order valence-corrected chi connectivity index (χ3v) is 4.84. The van der Waals surface area contributed by atoms with E-state index < -0.39 is 0 Å². The summed E-state index contributed by atoms with van der Waals surface area (Å²) in [4.78, 5) is 20.8. The zero-order valence-corrected chi connectivity index (χ0v) is 16.2. The summed E-state index contributed by atoms with van der Waals surface area (Å²) in [6.07, 6.45) is 3.12. The average Bonchev–Trinajstić information content (AvgIpc) is 2.77. The molecule has 0 bridgehead atoms. The van der Waals surface area contributed by atoms with Gasteiger partial charge in [-0.3, -0.25) is 9.78 Å². The van der Waals surface area contributed by atoms with Gasteiger partial charge < -0.3 is 20.4 Å². The standard InChI is InChI=1S/C21H23N7O/c1-27-11-13-28(14-12-27)18-6-4-17(5-7-18)23-19-8-9-20(26-25-19)24-21(29)16-3-2-10-22-15-16/h2-10,15H,11-14H2,1H3,(H,23,25)(H,24,26,29). The number of pyridine rings is 1. The molecular formula is C21H23N7O. The smallest absolute Gasteiger partial charge is 0.258 e. The summed E-state index contributed by atoms with van der Waals surface area (Å²) in [5.41, 5.74) is 2.63. The fourth-order valence-electron chi connectivity index (χ4n) is 3.12. The van der Waals surface area contributed by atoms with Crippen LogP contribution in [0, 0.1) is 0 Å². The Morgan fingerprint density at radius 2 is 1.66 bits per heavy atom. The van der Waals surface area contributed by atoms with Crippen molar-refractivity contribution < 1.29 is 4.79 Å². The van der Waals surface area contributed by atoms with E-state index in [0.29, 0.717) is 17.2 Å². The highest BCUT2D eigenvalue weighted by Crippen LogP contribution is 2.21. The first kappa shape index (κ1) is 18.8. The van der Waals surface area contributed by atoms with Crippen LogP contribution in [0.3, 0.4) is 0 Å². The van der Waals surface area contributed by atoms with E-state index in [2.05, 4.69) is 54.8 Å². The third kappa shape index (κ3) is 4.85. The Labute approximate surface area is 169 Å². The van der Waals surface area contributed by atoms with Crippen LogP contribution in [0.15, 0.2) is 60.9 Å². The maximum atomic E-state index is 12.1. The summed E-state index contributed by atoms with van der Waals surface area (Å²) in [7, 11) is 2.15. The van der Waals surface area contributed by atoms with Crippen molar-refractivity contribution in [1.82, 2.24) is 20.1 Å². The molecule has 1 saturated heterocycles. The predicted molar refractivity (Wildman–Crippen MR) is 114 cm³/mol. The normalized spacial score (nSPS) is 14.4. The summed E-state index contributed by atoms with van der Waals surface area (Å²) < 4.78 is 0. The highest BCUT2D eigenvalue weighted by Gasteiger charge is 2.14. The number of hydrogen-bond acceptors (Lipinski definition) is 7. The number of hydrogen-bond donors (Lipinski definition) is 2. The van der Waals surface area contributed by atoms with Crippen LogP contribution in [0.2, 0.25) is 0 Å². The molecule has 4 rings (SSSR count). The quantitative estimate of drug-likeness (QED) is 0.694. The zero-order valence-electron chi connectivity index (χ0n) is 16.2. The van der Waals surface area contributed by atoms with E-state index in [4.69, 9.17) is 0 Å². The summed E-state index contributed by atoms with van der Waals surface area (Å²) in [5.74, 6) is 0.721. The lowest BCUT2D eigenvalue weighted by Crippen LogP contribution is -2.44. The fraction of sp³-hybridized carbons (Fsp3) is 0.238. The molecule has 1 aromatic carbocycles. The van der Waals surface area contributed by atoms with Crippen molar-refractivity contribution in [3.05, 3.63) is 66.5 Å². The maximum absolute atomic E-state index is 12.1. The monoisotopic (exact) mass is 389 g/mol. The second-order valence-corrected chi connectivity index (χ2v) is 6.96. The largest absolute Gasteiger partial charge is 0.369 e. The van der Waals surface area contributed by atoms with E-state index in [-0.39, 0.29) is 5.91 Å². The minimum Gasteiger partial charge on any atom is -0.369 e. The van der Waals surface area contributed by atoms with Crippen LogP contribution in [0.25, 0.3) is 0 Å². The lowest BCUT2D eigenvalue weighted by Gasteiger charge is -2.34. The second kappa shape index (κ2) is 8.66. The Balaban J connectivity index is 1.34. The molecule has 3 aromatic rings. The van der Waals surface area contributed by atoms with Crippen LogP contribution in [-0.4, -0.2) is 59.2 Å². The third-order valence-electron chi connectivity index (χ3n) is 4.84. The number of benzene rings is 1. The van der Waals surface area contributed by atoms with Crippen LogP contribution >= 0.6 is 0 Å². The molecule has 0 aliphatic carbocycles. The molecule has 0 atom stereocenters. The van der Waals surface area contributed by atoms with Crippen LogP contribution in [0.5, 0.6) is 0 Å². The second-order valence-electron chi connectivity index (χ2n) is 6.96. The zero-order chi connectivity index (χ0) is 20.1. The molecule has 148 valence electrons. The molecule has 0 saturated carbocycles. The van der Waals surface area contributed by atoms with Gasteiger partial charge in [-0.2, -0.15) is 0 Å². The van der Waals surface area contributed by atoms with Gasteiger partial charge in [0.2, 0.25) is 0 Å². The Morgan fingerprint density at radius 1 is 0.931 bits per heavy atom. The Morgan fingerprint density at radius 3 is 2.31 bits per heavy atom. The molecule has 29 heavy (non-hydrogen) atoms. The molecule has 1 aliphatic heterocycles. The fourth-order valence-corrected chi connectivity index (χ4v) is 3.12. The number of carbonyl (C=O) groups is 1. The average molecular weight is 389 g/mol. The van der Waals surface area contributed by atoms with E-state index in [1.54, 1.807) is 30.5 Å². The molecule has 1 aliphatic rings.